The summed E-state index contributed by atoms with van der Waals surface area (Å²) in [5, 5.41) is 0.484. The fraction of sp³-hybridized carbons (Fsp3) is 0.571. The fourth-order valence-electron chi connectivity index (χ4n) is 2.78. The molecule has 1 unspecified atom stereocenters. The quantitative estimate of drug-likeness (QED) is 0.777. The van der Waals surface area contributed by atoms with Crippen molar-refractivity contribution in [3.8, 4) is 0 Å². The second-order valence-electron chi connectivity index (χ2n) is 5.83. The summed E-state index contributed by atoms with van der Waals surface area (Å²) in [5.41, 5.74) is 2.08. The highest BCUT2D eigenvalue weighted by molar-refractivity contribution is 6.31. The molecule has 1 aliphatic rings. The average molecular weight is 298 g/mol. The van der Waals surface area contributed by atoms with E-state index in [1.807, 2.05) is 13.0 Å². The molecular formula is C14H17Cl2N3. The van der Waals surface area contributed by atoms with Crippen molar-refractivity contribution in [2.75, 3.05) is 0 Å². The van der Waals surface area contributed by atoms with E-state index in [0.29, 0.717) is 10.4 Å². The van der Waals surface area contributed by atoms with Crippen molar-refractivity contribution in [3.63, 3.8) is 0 Å². The van der Waals surface area contributed by atoms with Crippen molar-refractivity contribution in [2.45, 2.75) is 45.0 Å². The summed E-state index contributed by atoms with van der Waals surface area (Å²) < 4.78 is 2.17. The first-order chi connectivity index (χ1) is 8.98. The standard InChI is InChI=1S/C14H17Cl2N3/c1-9(15)12-18-11-6-10(16)7-17-13(11)19(12)8-14(2)4-3-5-14/h6-7,9H,3-5,8H2,1-2H3. The average Bonchev–Trinajstić information content (AvgIpc) is 2.65. The Bertz CT molecular complexity index is 614. The molecule has 1 fully saturated rings. The summed E-state index contributed by atoms with van der Waals surface area (Å²) in [6, 6.07) is 1.85. The van der Waals surface area contributed by atoms with Crippen molar-refractivity contribution in [3.05, 3.63) is 23.1 Å². The van der Waals surface area contributed by atoms with Crippen LogP contribution in [0.25, 0.3) is 11.2 Å². The number of halogens is 2. The Morgan fingerprint density at radius 2 is 2.21 bits per heavy atom. The van der Waals surface area contributed by atoms with Crippen LogP contribution in [0.15, 0.2) is 12.3 Å². The van der Waals surface area contributed by atoms with Crippen molar-refractivity contribution < 1.29 is 0 Å². The summed E-state index contributed by atoms with van der Waals surface area (Å²) in [5.74, 6) is 0.888. The maximum Gasteiger partial charge on any atom is 0.160 e. The zero-order valence-electron chi connectivity index (χ0n) is 11.2. The minimum Gasteiger partial charge on any atom is -0.311 e. The number of fused-ring (bicyclic) bond motifs is 1. The van der Waals surface area contributed by atoms with Crippen LogP contribution in [0.2, 0.25) is 5.02 Å². The summed E-state index contributed by atoms with van der Waals surface area (Å²) in [4.78, 5) is 9.04. The second-order valence-corrected chi connectivity index (χ2v) is 6.92. The molecule has 0 bridgehead atoms. The van der Waals surface area contributed by atoms with E-state index in [2.05, 4.69) is 21.5 Å². The van der Waals surface area contributed by atoms with Gasteiger partial charge in [0.25, 0.3) is 0 Å². The molecule has 3 rings (SSSR count). The lowest BCUT2D eigenvalue weighted by molar-refractivity contribution is 0.132. The number of hydrogen-bond donors (Lipinski definition) is 0. The summed E-state index contributed by atoms with van der Waals surface area (Å²) >= 11 is 12.3. The topological polar surface area (TPSA) is 30.7 Å². The lowest BCUT2D eigenvalue weighted by Crippen LogP contribution is -2.31. The van der Waals surface area contributed by atoms with Crippen molar-refractivity contribution >= 4 is 34.4 Å². The Kier molecular flexibility index (Phi) is 3.22. The summed E-state index contributed by atoms with van der Waals surface area (Å²) in [6.07, 6.45) is 5.51. The molecule has 102 valence electrons. The molecule has 0 amide bonds. The Labute approximate surface area is 122 Å². The van der Waals surface area contributed by atoms with Crippen LogP contribution in [0.5, 0.6) is 0 Å². The largest absolute Gasteiger partial charge is 0.311 e. The number of nitrogens with zero attached hydrogens (tertiary/aromatic N) is 3. The predicted molar refractivity (Wildman–Crippen MR) is 78.8 cm³/mol. The fourth-order valence-corrected chi connectivity index (χ4v) is 3.10. The molecule has 0 aliphatic heterocycles. The monoisotopic (exact) mass is 297 g/mol. The maximum absolute atomic E-state index is 6.27. The minimum atomic E-state index is -0.128. The number of hydrogen-bond acceptors (Lipinski definition) is 2. The molecule has 2 heterocycles. The van der Waals surface area contributed by atoms with Gasteiger partial charge in [0.2, 0.25) is 0 Å². The van der Waals surface area contributed by atoms with E-state index in [-0.39, 0.29) is 5.38 Å². The predicted octanol–water partition coefficient (Wildman–Crippen LogP) is 4.57. The Morgan fingerprint density at radius 1 is 1.47 bits per heavy atom. The molecular weight excluding hydrogens is 281 g/mol. The van der Waals surface area contributed by atoms with E-state index in [1.54, 1.807) is 6.20 Å². The number of imidazole rings is 1. The molecule has 0 spiro atoms. The van der Waals surface area contributed by atoms with Crippen LogP contribution >= 0.6 is 23.2 Å². The Balaban J connectivity index is 2.11. The smallest absolute Gasteiger partial charge is 0.160 e. The van der Waals surface area contributed by atoms with Gasteiger partial charge >= 0.3 is 0 Å². The SMILES string of the molecule is CC(Cl)c1nc2cc(Cl)cnc2n1CC1(C)CCC1. The Morgan fingerprint density at radius 3 is 2.79 bits per heavy atom. The first-order valence-electron chi connectivity index (χ1n) is 6.64. The first kappa shape index (κ1) is 13.2. The molecule has 5 heteroatoms. The number of aromatic nitrogens is 3. The van der Waals surface area contributed by atoms with E-state index in [4.69, 9.17) is 23.2 Å². The van der Waals surface area contributed by atoms with Gasteiger partial charge in [0, 0.05) is 12.7 Å². The van der Waals surface area contributed by atoms with Gasteiger partial charge in [0.15, 0.2) is 5.65 Å². The minimum absolute atomic E-state index is 0.128. The lowest BCUT2D eigenvalue weighted by Gasteiger charge is -2.39. The molecule has 3 nitrogen and oxygen atoms in total. The van der Waals surface area contributed by atoms with Gasteiger partial charge in [-0.3, -0.25) is 0 Å². The summed E-state index contributed by atoms with van der Waals surface area (Å²) in [6.45, 7) is 5.20. The third kappa shape index (κ3) is 2.34. The van der Waals surface area contributed by atoms with E-state index in [0.717, 1.165) is 23.5 Å². The third-order valence-electron chi connectivity index (χ3n) is 4.04. The third-order valence-corrected chi connectivity index (χ3v) is 4.44. The van der Waals surface area contributed by atoms with Gasteiger partial charge in [-0.2, -0.15) is 0 Å². The van der Waals surface area contributed by atoms with Gasteiger partial charge in [0.1, 0.15) is 11.3 Å². The first-order valence-corrected chi connectivity index (χ1v) is 7.46. The van der Waals surface area contributed by atoms with E-state index >= 15 is 0 Å². The van der Waals surface area contributed by atoms with Crippen LogP contribution in [-0.2, 0) is 6.54 Å². The van der Waals surface area contributed by atoms with Crippen LogP contribution in [-0.4, -0.2) is 14.5 Å². The van der Waals surface area contributed by atoms with Crippen LogP contribution in [0, 0.1) is 5.41 Å². The molecule has 2 aromatic rings. The van der Waals surface area contributed by atoms with Crippen LogP contribution in [0.3, 0.4) is 0 Å². The highest BCUT2D eigenvalue weighted by Crippen LogP contribution is 2.43. The number of rotatable bonds is 3. The van der Waals surface area contributed by atoms with Crippen LogP contribution in [0.1, 0.15) is 44.3 Å². The second kappa shape index (κ2) is 4.64. The molecule has 1 saturated carbocycles. The molecule has 0 radical (unpaired) electrons. The van der Waals surface area contributed by atoms with E-state index in [9.17, 15) is 0 Å². The van der Waals surface area contributed by atoms with E-state index < -0.39 is 0 Å². The van der Waals surface area contributed by atoms with Gasteiger partial charge in [-0.05, 0) is 31.2 Å². The zero-order valence-corrected chi connectivity index (χ0v) is 12.7. The number of alkyl halides is 1. The molecule has 19 heavy (non-hydrogen) atoms. The van der Waals surface area contributed by atoms with Gasteiger partial charge < -0.3 is 4.57 Å². The van der Waals surface area contributed by atoms with Crippen molar-refractivity contribution in [1.82, 2.24) is 14.5 Å². The van der Waals surface area contributed by atoms with E-state index in [1.165, 1.54) is 19.3 Å². The highest BCUT2D eigenvalue weighted by Gasteiger charge is 2.33. The normalized spacial score (nSPS) is 19.4. The highest BCUT2D eigenvalue weighted by atomic mass is 35.5. The maximum atomic E-state index is 6.27. The van der Waals surface area contributed by atoms with Crippen molar-refractivity contribution in [1.29, 1.82) is 0 Å². The van der Waals surface area contributed by atoms with Gasteiger partial charge in [-0.15, -0.1) is 11.6 Å². The lowest BCUT2D eigenvalue weighted by atomic mass is 9.70. The molecule has 2 aromatic heterocycles. The number of pyridine rings is 1. The van der Waals surface area contributed by atoms with Gasteiger partial charge in [-0.1, -0.05) is 24.9 Å². The van der Waals surface area contributed by atoms with Crippen molar-refractivity contribution in [2.24, 2.45) is 5.41 Å². The molecule has 0 N–H and O–H groups in total. The van der Waals surface area contributed by atoms with Crippen LogP contribution < -0.4 is 0 Å². The van der Waals surface area contributed by atoms with Gasteiger partial charge in [0.05, 0.1) is 10.4 Å². The van der Waals surface area contributed by atoms with Crippen LogP contribution in [0.4, 0.5) is 0 Å². The molecule has 0 saturated heterocycles. The summed E-state index contributed by atoms with van der Waals surface area (Å²) in [7, 11) is 0. The Hall–Kier alpha value is -0.800. The molecule has 0 aromatic carbocycles. The zero-order chi connectivity index (χ0) is 13.6. The molecule has 1 aliphatic carbocycles. The molecule has 1 atom stereocenters. The van der Waals surface area contributed by atoms with Gasteiger partial charge in [-0.25, -0.2) is 9.97 Å².